The van der Waals surface area contributed by atoms with Gasteiger partial charge in [-0.2, -0.15) is 0 Å². The number of benzene rings is 4. The van der Waals surface area contributed by atoms with E-state index in [1.807, 2.05) is 18.2 Å². The maximum atomic E-state index is 12.1. The largest absolute Gasteiger partial charge is 0.488 e. The van der Waals surface area contributed by atoms with Crippen LogP contribution in [-0.2, 0) is 17.8 Å². The maximum absolute atomic E-state index is 12.1. The third-order valence-corrected chi connectivity index (χ3v) is 8.42. The molecular formula is C33H33NO3S. The number of aryl methyl sites for hydroxylation is 1. The Morgan fingerprint density at radius 2 is 1.61 bits per heavy atom. The number of hydrogen-bond donors (Lipinski definition) is 1. The molecule has 38 heavy (non-hydrogen) atoms. The van der Waals surface area contributed by atoms with Gasteiger partial charge in [0.15, 0.2) is 0 Å². The second kappa shape index (κ2) is 10.6. The molecule has 5 rings (SSSR count). The fourth-order valence-corrected chi connectivity index (χ4v) is 6.54. The van der Waals surface area contributed by atoms with E-state index >= 15 is 0 Å². The van der Waals surface area contributed by atoms with Gasteiger partial charge < -0.3 is 14.1 Å². The van der Waals surface area contributed by atoms with Gasteiger partial charge in [-0.3, -0.25) is 4.79 Å². The first-order valence-electron chi connectivity index (χ1n) is 12.9. The van der Waals surface area contributed by atoms with Crippen molar-refractivity contribution in [3.63, 3.8) is 0 Å². The van der Waals surface area contributed by atoms with E-state index in [0.717, 1.165) is 55.9 Å². The molecule has 0 amide bonds. The van der Waals surface area contributed by atoms with Gasteiger partial charge in [0.05, 0.1) is 18.2 Å². The topological polar surface area (TPSA) is 49.8 Å². The third kappa shape index (κ3) is 4.56. The number of carboxylic acid groups (broad SMARTS) is 1. The predicted molar refractivity (Wildman–Crippen MR) is 158 cm³/mol. The number of fused-ring (bicyclic) bond motifs is 3. The van der Waals surface area contributed by atoms with E-state index in [4.69, 9.17) is 4.74 Å². The molecule has 4 nitrogen and oxygen atoms in total. The molecule has 0 unspecified atom stereocenters. The van der Waals surface area contributed by atoms with E-state index in [1.54, 1.807) is 11.9 Å². The quantitative estimate of drug-likeness (QED) is 0.247. The van der Waals surface area contributed by atoms with Crippen LogP contribution >= 0.6 is 11.9 Å². The van der Waals surface area contributed by atoms with Crippen LogP contribution in [-0.4, -0.2) is 17.3 Å². The zero-order valence-corrected chi connectivity index (χ0v) is 23.4. The van der Waals surface area contributed by atoms with Crippen molar-refractivity contribution in [1.82, 2.24) is 0 Å². The lowest BCUT2D eigenvalue weighted by Crippen LogP contribution is -2.26. The van der Waals surface area contributed by atoms with Gasteiger partial charge in [0.1, 0.15) is 12.4 Å². The Morgan fingerprint density at radius 1 is 0.895 bits per heavy atom. The van der Waals surface area contributed by atoms with Gasteiger partial charge in [-0.15, -0.1) is 0 Å². The summed E-state index contributed by atoms with van der Waals surface area (Å²) in [7, 11) is 0. The van der Waals surface area contributed by atoms with Gasteiger partial charge in [-0.1, -0.05) is 84.2 Å². The van der Waals surface area contributed by atoms with Gasteiger partial charge in [-0.05, 0) is 72.7 Å². The zero-order chi connectivity index (χ0) is 27.0. The first-order chi connectivity index (χ1) is 18.3. The van der Waals surface area contributed by atoms with Crippen LogP contribution < -0.4 is 9.04 Å². The molecule has 5 heteroatoms. The Labute approximate surface area is 229 Å². The highest BCUT2D eigenvalue weighted by Gasteiger charge is 2.35. The minimum atomic E-state index is -0.826. The minimum Gasteiger partial charge on any atom is -0.488 e. The van der Waals surface area contributed by atoms with Crippen molar-refractivity contribution >= 4 is 23.6 Å². The average molecular weight is 524 g/mol. The Balaban J connectivity index is 1.80. The van der Waals surface area contributed by atoms with Crippen LogP contribution in [0.25, 0.3) is 22.3 Å². The van der Waals surface area contributed by atoms with Crippen molar-refractivity contribution in [3.05, 3.63) is 106 Å². The van der Waals surface area contributed by atoms with Gasteiger partial charge in [-0.25, -0.2) is 0 Å². The molecule has 4 aromatic carbocycles. The molecule has 1 heterocycles. The van der Waals surface area contributed by atoms with Gasteiger partial charge in [0.2, 0.25) is 0 Å². The van der Waals surface area contributed by atoms with Crippen molar-refractivity contribution in [2.24, 2.45) is 0 Å². The summed E-state index contributed by atoms with van der Waals surface area (Å²) < 4.78 is 8.82. The van der Waals surface area contributed by atoms with Crippen LogP contribution in [0.1, 0.15) is 46.3 Å². The Morgan fingerprint density at radius 3 is 2.26 bits per heavy atom. The zero-order valence-electron chi connectivity index (χ0n) is 22.5. The number of hydrogen-bond acceptors (Lipinski definition) is 4. The number of ether oxygens (including phenoxy) is 1. The van der Waals surface area contributed by atoms with Crippen LogP contribution in [0, 0.1) is 20.8 Å². The number of carbonyl (C=O) groups is 1. The van der Waals surface area contributed by atoms with E-state index < -0.39 is 5.97 Å². The summed E-state index contributed by atoms with van der Waals surface area (Å²) in [5.41, 5.74) is 11.8. The van der Waals surface area contributed by atoms with Crippen LogP contribution in [0.3, 0.4) is 0 Å². The second-order valence-electron chi connectivity index (χ2n) is 9.94. The molecular weight excluding hydrogens is 490 g/mol. The smallest absolute Gasteiger partial charge is 0.307 e. The summed E-state index contributed by atoms with van der Waals surface area (Å²) >= 11 is 1.68. The number of anilines is 1. The van der Waals surface area contributed by atoms with E-state index in [1.165, 1.54) is 11.1 Å². The first kappa shape index (κ1) is 25.9. The fourth-order valence-electron chi connectivity index (χ4n) is 5.70. The monoisotopic (exact) mass is 523 g/mol. The van der Waals surface area contributed by atoms with Crippen LogP contribution in [0.2, 0.25) is 0 Å². The molecule has 1 aliphatic rings. The lowest BCUT2D eigenvalue weighted by atomic mass is 9.79. The third-order valence-electron chi connectivity index (χ3n) is 7.53. The molecule has 0 spiro atoms. The Hall–Kier alpha value is -3.70. The summed E-state index contributed by atoms with van der Waals surface area (Å²) in [4.78, 5) is 12.1. The molecule has 1 atom stereocenters. The molecule has 4 aromatic rings. The molecule has 0 radical (unpaired) electrons. The first-order valence-corrected chi connectivity index (χ1v) is 14.1. The Bertz CT molecular complexity index is 1500. The number of carboxylic acids is 1. The molecule has 0 saturated heterocycles. The molecule has 0 fully saturated rings. The van der Waals surface area contributed by atoms with E-state index in [9.17, 15) is 9.90 Å². The number of rotatable bonds is 7. The summed E-state index contributed by atoms with van der Waals surface area (Å²) in [6.45, 7) is 8.96. The second-order valence-corrected chi connectivity index (χ2v) is 10.7. The van der Waals surface area contributed by atoms with Gasteiger partial charge in [0, 0.05) is 17.4 Å². The predicted octanol–water partition coefficient (Wildman–Crippen LogP) is 8.31. The van der Waals surface area contributed by atoms with Crippen molar-refractivity contribution in [2.75, 3.05) is 10.6 Å². The SMILES string of the molecule is CSN1c2c(C)c(CC(=O)O)c(-c3ccc(C)cc3)c(C)c2-c2c(OCc3ccccc3)cccc2[C@H]1C. The average Bonchev–Trinajstić information content (AvgIpc) is 2.91. The van der Waals surface area contributed by atoms with Crippen LogP contribution in [0.5, 0.6) is 5.75 Å². The highest BCUT2D eigenvalue weighted by Crippen LogP contribution is 2.55. The van der Waals surface area contributed by atoms with Crippen molar-refractivity contribution < 1.29 is 14.6 Å². The normalized spacial score (nSPS) is 14.1. The van der Waals surface area contributed by atoms with E-state index in [-0.39, 0.29) is 12.5 Å². The highest BCUT2D eigenvalue weighted by atomic mass is 32.2. The Kier molecular flexibility index (Phi) is 7.22. The van der Waals surface area contributed by atoms with Gasteiger partial charge >= 0.3 is 5.97 Å². The maximum Gasteiger partial charge on any atom is 0.307 e. The molecule has 1 N–H and O–H groups in total. The molecule has 0 saturated carbocycles. The number of nitrogens with zero attached hydrogens (tertiary/aromatic N) is 1. The highest BCUT2D eigenvalue weighted by molar-refractivity contribution is 8.00. The molecule has 0 aromatic heterocycles. The van der Waals surface area contributed by atoms with E-state index in [0.29, 0.717) is 6.61 Å². The molecule has 194 valence electrons. The number of aliphatic carboxylic acids is 1. The van der Waals surface area contributed by atoms with Crippen LogP contribution in [0.4, 0.5) is 5.69 Å². The standard InChI is InChI=1S/C33H33NO3S/c1-20-14-16-25(17-15-20)30-22(3)31-32-26(12-9-13-28(32)37-19-24-10-7-6-8-11-24)23(4)34(38-5)33(31)21(2)27(30)18-29(35)36/h6-17,23H,18-19H2,1-5H3,(H,35,36)/t23-/m1/s1. The summed E-state index contributed by atoms with van der Waals surface area (Å²) in [5, 5.41) is 9.92. The van der Waals surface area contributed by atoms with Gasteiger partial charge in [0.25, 0.3) is 0 Å². The minimum absolute atomic E-state index is 0.0290. The van der Waals surface area contributed by atoms with Crippen molar-refractivity contribution in [2.45, 2.75) is 46.8 Å². The summed E-state index contributed by atoms with van der Waals surface area (Å²) in [6, 6.07) is 25.0. The van der Waals surface area contributed by atoms with Crippen molar-refractivity contribution in [3.8, 4) is 28.0 Å². The van der Waals surface area contributed by atoms with E-state index in [2.05, 4.69) is 92.9 Å². The fraction of sp³-hybridized carbons (Fsp3) is 0.242. The lowest BCUT2D eigenvalue weighted by Gasteiger charge is -2.40. The summed E-state index contributed by atoms with van der Waals surface area (Å²) in [6.07, 6.45) is 2.05. The summed E-state index contributed by atoms with van der Waals surface area (Å²) in [5.74, 6) is 0.0243. The molecule has 0 bridgehead atoms. The van der Waals surface area contributed by atoms with Crippen LogP contribution in [0.15, 0.2) is 72.8 Å². The molecule has 1 aliphatic heterocycles. The lowest BCUT2D eigenvalue weighted by molar-refractivity contribution is -0.136. The molecule has 0 aliphatic carbocycles. The van der Waals surface area contributed by atoms with Crippen molar-refractivity contribution in [1.29, 1.82) is 0 Å².